The van der Waals surface area contributed by atoms with Crippen LogP contribution in [0.25, 0.3) is 0 Å². The van der Waals surface area contributed by atoms with Gasteiger partial charge in [0.2, 0.25) is 5.91 Å². The average molecular weight is 393 g/mol. The number of aryl methyl sites for hydroxylation is 1. The number of nitrogens with two attached hydrogens (primary N) is 1. The molecule has 1 aliphatic heterocycles. The number of amides is 1. The molecule has 2 aliphatic rings. The summed E-state index contributed by atoms with van der Waals surface area (Å²) in [6, 6.07) is -0.795. The van der Waals surface area contributed by atoms with Gasteiger partial charge in [-0.05, 0) is 45.1 Å². The highest BCUT2D eigenvalue weighted by Gasteiger charge is 2.31. The van der Waals surface area contributed by atoms with Crippen LogP contribution in [0, 0.1) is 0 Å². The fraction of sp³-hybridized carbons (Fsp3) is 0.417. The summed E-state index contributed by atoms with van der Waals surface area (Å²) in [6.07, 6.45) is 23.6. The van der Waals surface area contributed by atoms with Crippen LogP contribution >= 0.6 is 0 Å². The van der Waals surface area contributed by atoms with E-state index < -0.39 is 6.04 Å². The molecule has 0 saturated heterocycles. The second kappa shape index (κ2) is 10.2. The first-order chi connectivity index (χ1) is 14.1. The maximum absolute atomic E-state index is 13.5. The molecule has 1 amide bonds. The monoisotopic (exact) mass is 392 g/mol. The molecule has 3 N–H and O–H groups in total. The molecular weight excluding hydrogens is 360 g/mol. The molecule has 5 nitrogen and oxygen atoms in total. The lowest BCUT2D eigenvalue weighted by Crippen LogP contribution is -2.45. The van der Waals surface area contributed by atoms with Gasteiger partial charge in [-0.3, -0.25) is 4.79 Å². The van der Waals surface area contributed by atoms with E-state index in [4.69, 9.17) is 5.73 Å². The fourth-order valence-corrected chi connectivity index (χ4v) is 3.82. The van der Waals surface area contributed by atoms with Gasteiger partial charge in [0.05, 0.1) is 12.1 Å². The summed E-state index contributed by atoms with van der Waals surface area (Å²) in [5.41, 5.74) is 9.51. The first kappa shape index (κ1) is 21.1. The number of nitrogens with one attached hydrogen (secondary N) is 1. The van der Waals surface area contributed by atoms with E-state index in [2.05, 4.69) is 41.2 Å². The van der Waals surface area contributed by atoms with E-state index in [0.717, 1.165) is 48.5 Å². The topological polar surface area (TPSA) is 75.0 Å². The molecule has 29 heavy (non-hydrogen) atoms. The van der Waals surface area contributed by atoms with E-state index in [-0.39, 0.29) is 11.9 Å². The van der Waals surface area contributed by atoms with Crippen LogP contribution in [-0.2, 0) is 11.2 Å². The Kier molecular flexibility index (Phi) is 7.42. The molecule has 0 fully saturated rings. The zero-order chi connectivity index (χ0) is 20.6. The number of rotatable bonds is 6. The van der Waals surface area contributed by atoms with Crippen LogP contribution in [0.2, 0.25) is 0 Å². The summed E-state index contributed by atoms with van der Waals surface area (Å²) in [5.74, 6) is 0.742. The minimum atomic E-state index is -0.589. The van der Waals surface area contributed by atoms with E-state index in [0.29, 0.717) is 12.8 Å². The van der Waals surface area contributed by atoms with Crippen molar-refractivity contribution in [1.82, 2.24) is 14.9 Å². The third-order valence-electron chi connectivity index (χ3n) is 5.31. The zero-order valence-corrected chi connectivity index (χ0v) is 17.5. The molecule has 2 unspecified atom stereocenters. The summed E-state index contributed by atoms with van der Waals surface area (Å²) in [4.78, 5) is 23.4. The summed E-state index contributed by atoms with van der Waals surface area (Å²) in [6.45, 7) is 4.11. The first-order valence-corrected chi connectivity index (χ1v) is 10.6. The van der Waals surface area contributed by atoms with Crippen LogP contribution in [0.3, 0.4) is 0 Å². The highest BCUT2D eigenvalue weighted by atomic mass is 16.2. The third kappa shape index (κ3) is 5.45. The number of hydrogen-bond donors (Lipinski definition) is 2. The molecule has 154 valence electrons. The van der Waals surface area contributed by atoms with Gasteiger partial charge in [0, 0.05) is 17.6 Å². The highest BCUT2D eigenvalue weighted by molar-refractivity contribution is 5.84. The van der Waals surface area contributed by atoms with Gasteiger partial charge in [-0.1, -0.05) is 61.4 Å². The molecule has 2 heterocycles. The molecular formula is C24H32N4O. The quantitative estimate of drug-likeness (QED) is 0.740. The van der Waals surface area contributed by atoms with Gasteiger partial charge in [0.15, 0.2) is 0 Å². The van der Waals surface area contributed by atoms with Crippen molar-refractivity contribution in [3.8, 4) is 0 Å². The normalized spacial score (nSPS) is 24.5. The second-order valence-corrected chi connectivity index (χ2v) is 7.69. The van der Waals surface area contributed by atoms with Gasteiger partial charge in [-0.25, -0.2) is 4.98 Å². The Hall–Kier alpha value is -2.66. The van der Waals surface area contributed by atoms with Crippen LogP contribution in [0.4, 0.5) is 0 Å². The average Bonchev–Trinajstić information content (AvgIpc) is 3.20. The number of imidazole rings is 1. The lowest BCUT2D eigenvalue weighted by atomic mass is 9.99. The van der Waals surface area contributed by atoms with Crippen molar-refractivity contribution in [2.24, 2.45) is 5.73 Å². The van der Waals surface area contributed by atoms with E-state index in [1.54, 1.807) is 0 Å². The number of aromatic nitrogens is 2. The molecule has 1 aromatic rings. The molecule has 0 aromatic carbocycles. The lowest BCUT2D eigenvalue weighted by Gasteiger charge is -2.33. The number of hydrogen-bond acceptors (Lipinski definition) is 3. The van der Waals surface area contributed by atoms with Crippen molar-refractivity contribution in [1.29, 1.82) is 0 Å². The molecule has 1 aliphatic carbocycles. The van der Waals surface area contributed by atoms with Crippen molar-refractivity contribution >= 4 is 5.91 Å². The molecule has 1 aromatic heterocycles. The maximum atomic E-state index is 13.5. The first-order valence-electron chi connectivity index (χ1n) is 10.6. The van der Waals surface area contributed by atoms with Gasteiger partial charge < -0.3 is 15.6 Å². The van der Waals surface area contributed by atoms with Gasteiger partial charge in [0.25, 0.3) is 0 Å². The predicted molar refractivity (Wildman–Crippen MR) is 118 cm³/mol. The number of carbonyl (C=O) groups is 1. The van der Waals surface area contributed by atoms with Crippen LogP contribution in [0.5, 0.6) is 0 Å². The summed E-state index contributed by atoms with van der Waals surface area (Å²) >= 11 is 0. The SMILES string of the molecule is CCCc1cnc(C2C/C=C/C=C\C=C(/C)N2C(=O)C(N)CC2=CCCC=C2)[nH]1. The van der Waals surface area contributed by atoms with Gasteiger partial charge in [0.1, 0.15) is 5.82 Å². The summed E-state index contributed by atoms with van der Waals surface area (Å²) < 4.78 is 0. The second-order valence-electron chi connectivity index (χ2n) is 7.69. The Balaban J connectivity index is 1.89. The Morgan fingerprint density at radius 2 is 2.17 bits per heavy atom. The van der Waals surface area contributed by atoms with E-state index >= 15 is 0 Å². The Bertz CT molecular complexity index is 856. The number of H-pyrrole nitrogens is 1. The largest absolute Gasteiger partial charge is 0.344 e. The maximum Gasteiger partial charge on any atom is 0.244 e. The van der Waals surface area contributed by atoms with Crippen molar-refractivity contribution < 1.29 is 4.79 Å². The lowest BCUT2D eigenvalue weighted by molar-refractivity contribution is -0.132. The molecule has 3 rings (SSSR count). The van der Waals surface area contributed by atoms with Crippen LogP contribution in [-0.4, -0.2) is 26.8 Å². The zero-order valence-electron chi connectivity index (χ0n) is 17.5. The summed E-state index contributed by atoms with van der Waals surface area (Å²) in [5, 5.41) is 0. The third-order valence-corrected chi connectivity index (χ3v) is 5.31. The fourth-order valence-electron chi connectivity index (χ4n) is 3.82. The van der Waals surface area contributed by atoms with Crippen molar-refractivity contribution in [2.75, 3.05) is 0 Å². The smallest absolute Gasteiger partial charge is 0.244 e. The number of aromatic amines is 1. The van der Waals surface area contributed by atoms with Gasteiger partial charge >= 0.3 is 0 Å². The highest BCUT2D eigenvalue weighted by Crippen LogP contribution is 2.29. The number of allylic oxidation sites excluding steroid dienone is 8. The van der Waals surface area contributed by atoms with Crippen molar-refractivity contribution in [3.05, 3.63) is 77.6 Å². The van der Waals surface area contributed by atoms with Crippen molar-refractivity contribution in [2.45, 2.75) is 64.5 Å². The molecule has 0 bridgehead atoms. The molecule has 0 saturated carbocycles. The van der Waals surface area contributed by atoms with Gasteiger partial charge in [-0.2, -0.15) is 0 Å². The summed E-state index contributed by atoms with van der Waals surface area (Å²) in [7, 11) is 0. The van der Waals surface area contributed by atoms with Crippen LogP contribution in [0.15, 0.2) is 66.1 Å². The standard InChI is InChI=1S/C24H32N4O/c1-3-11-20-17-26-23(27-20)22-15-10-5-4-7-12-18(2)28(22)24(29)21(25)16-19-13-8-6-9-14-19/h4-5,7-8,10,12-14,17,21-22H,3,6,9,11,15-16,25H2,1-2H3,(H,26,27)/b7-4-,10-5+,18-12+. The molecule has 5 heteroatoms. The van der Waals surface area contributed by atoms with Crippen LogP contribution in [0.1, 0.15) is 63.5 Å². The van der Waals surface area contributed by atoms with Crippen LogP contribution < -0.4 is 5.73 Å². The minimum Gasteiger partial charge on any atom is -0.344 e. The van der Waals surface area contributed by atoms with Crippen molar-refractivity contribution in [3.63, 3.8) is 0 Å². The van der Waals surface area contributed by atoms with E-state index in [9.17, 15) is 4.79 Å². The Morgan fingerprint density at radius 1 is 1.31 bits per heavy atom. The molecule has 0 spiro atoms. The molecule has 2 atom stereocenters. The Morgan fingerprint density at radius 3 is 2.93 bits per heavy atom. The number of carbonyl (C=O) groups excluding carboxylic acids is 1. The predicted octanol–water partition coefficient (Wildman–Crippen LogP) is 4.65. The molecule has 0 radical (unpaired) electrons. The Labute approximate surface area is 173 Å². The number of nitrogens with zero attached hydrogens (tertiary/aromatic N) is 2. The minimum absolute atomic E-state index is 0.0687. The van der Waals surface area contributed by atoms with E-state index in [1.165, 1.54) is 0 Å². The van der Waals surface area contributed by atoms with E-state index in [1.807, 2.05) is 42.3 Å². The van der Waals surface area contributed by atoms with Gasteiger partial charge in [-0.15, -0.1) is 0 Å².